The van der Waals surface area contributed by atoms with Crippen LogP contribution in [0.1, 0.15) is 37.8 Å². The van der Waals surface area contributed by atoms with E-state index in [0.717, 1.165) is 31.0 Å². The van der Waals surface area contributed by atoms with E-state index in [1.54, 1.807) is 0 Å². The van der Waals surface area contributed by atoms with Gasteiger partial charge in [-0.15, -0.1) is 0 Å². The molecule has 118 valence electrons. The molecule has 1 saturated heterocycles. The lowest BCUT2D eigenvalue weighted by Crippen LogP contribution is -2.29. The minimum atomic E-state index is -2.97. The molecule has 4 heteroatoms. The topological polar surface area (TPSA) is 46.2 Å². The average molecular weight is 309 g/mol. The molecule has 0 radical (unpaired) electrons. The molecule has 1 aromatic carbocycles. The standard InChI is InChI=1S/C17H27NO2S/c1-17(2,13-21(3,19)20)16-6-4-14(5-7-16)12-15-8-10-18-11-9-15/h4-7,15,18H,8-13H2,1-3H3. The molecule has 0 amide bonds. The van der Waals surface area contributed by atoms with Gasteiger partial charge in [0.15, 0.2) is 0 Å². The van der Waals surface area contributed by atoms with Crippen molar-refractivity contribution in [1.82, 2.24) is 5.32 Å². The molecular formula is C17H27NO2S. The van der Waals surface area contributed by atoms with Crippen LogP contribution in [-0.2, 0) is 21.7 Å². The van der Waals surface area contributed by atoms with E-state index in [1.165, 1.54) is 24.7 Å². The lowest BCUT2D eigenvalue weighted by atomic mass is 9.85. The van der Waals surface area contributed by atoms with E-state index in [-0.39, 0.29) is 11.2 Å². The van der Waals surface area contributed by atoms with Crippen molar-refractivity contribution in [2.24, 2.45) is 5.92 Å². The van der Waals surface area contributed by atoms with Crippen LogP contribution in [0, 0.1) is 5.92 Å². The van der Waals surface area contributed by atoms with Gasteiger partial charge in [-0.25, -0.2) is 8.42 Å². The molecule has 1 aromatic rings. The number of sulfone groups is 1. The summed E-state index contributed by atoms with van der Waals surface area (Å²) in [6.07, 6.45) is 4.94. The first-order valence-electron chi connectivity index (χ1n) is 7.74. The summed E-state index contributed by atoms with van der Waals surface area (Å²) in [5, 5.41) is 3.39. The van der Waals surface area contributed by atoms with Gasteiger partial charge in [-0.1, -0.05) is 38.1 Å². The molecule has 3 nitrogen and oxygen atoms in total. The normalized spacial score (nSPS) is 17.9. The Bertz CT molecular complexity index is 555. The quantitative estimate of drug-likeness (QED) is 0.909. The van der Waals surface area contributed by atoms with Gasteiger partial charge in [0.05, 0.1) is 5.75 Å². The Labute approximate surface area is 129 Å². The molecule has 1 fully saturated rings. The summed E-state index contributed by atoms with van der Waals surface area (Å²) in [5.74, 6) is 0.967. The highest BCUT2D eigenvalue weighted by molar-refractivity contribution is 7.90. The lowest BCUT2D eigenvalue weighted by Gasteiger charge is -2.25. The fourth-order valence-electron chi connectivity index (χ4n) is 3.25. The van der Waals surface area contributed by atoms with Crippen LogP contribution in [0.25, 0.3) is 0 Å². The van der Waals surface area contributed by atoms with Gasteiger partial charge in [0.25, 0.3) is 0 Å². The third-order valence-corrected chi connectivity index (χ3v) is 5.59. The molecule has 2 rings (SSSR count). The molecule has 0 bridgehead atoms. The van der Waals surface area contributed by atoms with Crippen molar-refractivity contribution in [2.75, 3.05) is 25.1 Å². The molecule has 1 aliphatic heterocycles. The second kappa shape index (κ2) is 6.49. The second-order valence-corrected chi connectivity index (χ2v) is 9.19. The van der Waals surface area contributed by atoms with E-state index in [0.29, 0.717) is 0 Å². The van der Waals surface area contributed by atoms with Gasteiger partial charge in [-0.2, -0.15) is 0 Å². The molecule has 0 saturated carbocycles. The van der Waals surface area contributed by atoms with Crippen LogP contribution in [0.5, 0.6) is 0 Å². The maximum atomic E-state index is 11.5. The third-order valence-electron chi connectivity index (χ3n) is 4.34. The zero-order valence-corrected chi connectivity index (χ0v) is 14.2. The van der Waals surface area contributed by atoms with E-state index in [9.17, 15) is 8.42 Å². The molecule has 1 aliphatic rings. The van der Waals surface area contributed by atoms with E-state index in [1.807, 2.05) is 13.8 Å². The Balaban J connectivity index is 2.04. The summed E-state index contributed by atoms with van der Waals surface area (Å²) < 4.78 is 23.1. The minimum absolute atomic E-state index is 0.188. The fourth-order valence-corrected chi connectivity index (χ4v) is 4.73. The summed E-state index contributed by atoms with van der Waals surface area (Å²) in [5.41, 5.74) is 2.13. The zero-order valence-electron chi connectivity index (χ0n) is 13.4. The first-order chi connectivity index (χ1) is 9.76. The third kappa shape index (κ3) is 5.11. The van der Waals surface area contributed by atoms with Crippen molar-refractivity contribution in [1.29, 1.82) is 0 Å². The van der Waals surface area contributed by atoms with Gasteiger partial charge in [0, 0.05) is 11.7 Å². The Kier molecular flexibility index (Phi) is 5.10. The summed E-state index contributed by atoms with van der Waals surface area (Å²) in [6, 6.07) is 8.53. The highest BCUT2D eigenvalue weighted by Crippen LogP contribution is 2.26. The van der Waals surface area contributed by atoms with Gasteiger partial charge < -0.3 is 5.32 Å². The lowest BCUT2D eigenvalue weighted by molar-refractivity contribution is 0.372. The van der Waals surface area contributed by atoms with Crippen LogP contribution in [0.2, 0.25) is 0 Å². The van der Waals surface area contributed by atoms with Crippen molar-refractivity contribution in [3.05, 3.63) is 35.4 Å². The number of benzene rings is 1. The SMILES string of the molecule is CC(C)(CS(C)(=O)=O)c1ccc(CC2CCNCC2)cc1. The van der Waals surface area contributed by atoms with Gasteiger partial charge in [0.1, 0.15) is 9.84 Å². The van der Waals surface area contributed by atoms with Gasteiger partial charge >= 0.3 is 0 Å². The van der Waals surface area contributed by atoms with Crippen LogP contribution >= 0.6 is 0 Å². The van der Waals surface area contributed by atoms with Gasteiger partial charge in [0.2, 0.25) is 0 Å². The maximum absolute atomic E-state index is 11.5. The number of hydrogen-bond acceptors (Lipinski definition) is 3. The number of rotatable bonds is 5. The Morgan fingerprint density at radius 1 is 1.14 bits per heavy atom. The van der Waals surface area contributed by atoms with Crippen molar-refractivity contribution in [3.63, 3.8) is 0 Å². The molecule has 21 heavy (non-hydrogen) atoms. The van der Waals surface area contributed by atoms with E-state index >= 15 is 0 Å². The van der Waals surface area contributed by atoms with Crippen LogP contribution in [0.15, 0.2) is 24.3 Å². The van der Waals surface area contributed by atoms with Crippen LogP contribution < -0.4 is 5.32 Å². The highest BCUT2D eigenvalue weighted by atomic mass is 32.2. The van der Waals surface area contributed by atoms with Crippen molar-refractivity contribution >= 4 is 9.84 Å². The second-order valence-electron chi connectivity index (χ2n) is 7.05. The summed E-state index contributed by atoms with van der Waals surface area (Å²) >= 11 is 0. The summed E-state index contributed by atoms with van der Waals surface area (Å²) in [7, 11) is -2.97. The first kappa shape index (κ1) is 16.5. The average Bonchev–Trinajstić information content (AvgIpc) is 2.38. The molecular weight excluding hydrogens is 282 g/mol. The van der Waals surface area contributed by atoms with Crippen molar-refractivity contribution in [3.8, 4) is 0 Å². The van der Waals surface area contributed by atoms with Crippen LogP contribution in [0.4, 0.5) is 0 Å². The van der Waals surface area contributed by atoms with Crippen LogP contribution in [-0.4, -0.2) is 33.5 Å². The smallest absolute Gasteiger partial charge is 0.148 e. The van der Waals surface area contributed by atoms with E-state index in [4.69, 9.17) is 0 Å². The van der Waals surface area contributed by atoms with Crippen molar-refractivity contribution in [2.45, 2.75) is 38.5 Å². The molecule has 0 unspecified atom stereocenters. The Hall–Kier alpha value is -0.870. The monoisotopic (exact) mass is 309 g/mol. The molecule has 1 heterocycles. The molecule has 0 aromatic heterocycles. The maximum Gasteiger partial charge on any atom is 0.148 e. The summed E-state index contributed by atoms with van der Waals surface area (Å²) in [6.45, 7) is 6.25. The van der Waals surface area contributed by atoms with Crippen molar-refractivity contribution < 1.29 is 8.42 Å². The van der Waals surface area contributed by atoms with Gasteiger partial charge in [-0.05, 0) is 49.4 Å². The number of hydrogen-bond donors (Lipinski definition) is 1. The minimum Gasteiger partial charge on any atom is -0.317 e. The molecule has 0 atom stereocenters. The predicted molar refractivity (Wildman–Crippen MR) is 88.5 cm³/mol. The van der Waals surface area contributed by atoms with Gasteiger partial charge in [-0.3, -0.25) is 0 Å². The van der Waals surface area contributed by atoms with Crippen LogP contribution in [0.3, 0.4) is 0 Å². The zero-order chi connectivity index (χ0) is 15.5. The molecule has 0 spiro atoms. The van der Waals surface area contributed by atoms with E-state index < -0.39 is 9.84 Å². The van der Waals surface area contributed by atoms with E-state index in [2.05, 4.69) is 29.6 Å². The molecule has 0 aliphatic carbocycles. The molecule has 1 N–H and O–H groups in total. The number of piperidine rings is 1. The largest absolute Gasteiger partial charge is 0.317 e. The highest BCUT2D eigenvalue weighted by Gasteiger charge is 2.25. The summed E-state index contributed by atoms with van der Waals surface area (Å²) in [4.78, 5) is 0. The number of nitrogens with one attached hydrogen (secondary N) is 1. The predicted octanol–water partition coefficient (Wildman–Crippen LogP) is 2.55. The Morgan fingerprint density at radius 2 is 1.71 bits per heavy atom. The first-order valence-corrected chi connectivity index (χ1v) is 9.80. The Morgan fingerprint density at radius 3 is 2.24 bits per heavy atom. The fraction of sp³-hybridized carbons (Fsp3) is 0.647.